The second-order valence-corrected chi connectivity index (χ2v) is 4.51. The summed E-state index contributed by atoms with van der Waals surface area (Å²) in [6, 6.07) is -1.25. The Labute approximate surface area is 94.6 Å². The SMILES string of the molecule is CC(C)C(N)C(=O)NC1CNC(C(=O)O)C1. The molecule has 1 heterocycles. The van der Waals surface area contributed by atoms with Crippen LogP contribution in [0.5, 0.6) is 0 Å². The van der Waals surface area contributed by atoms with Gasteiger partial charge in [-0.15, -0.1) is 0 Å². The first-order valence-corrected chi connectivity index (χ1v) is 5.44. The van der Waals surface area contributed by atoms with Crippen molar-refractivity contribution in [1.29, 1.82) is 0 Å². The van der Waals surface area contributed by atoms with Crippen LogP contribution in [-0.4, -0.2) is 41.7 Å². The number of carboxylic acid groups (broad SMARTS) is 1. The quantitative estimate of drug-likeness (QED) is 0.490. The van der Waals surface area contributed by atoms with Crippen molar-refractivity contribution in [3.63, 3.8) is 0 Å². The van der Waals surface area contributed by atoms with Gasteiger partial charge in [0.25, 0.3) is 0 Å². The summed E-state index contributed by atoms with van der Waals surface area (Å²) in [5.41, 5.74) is 5.68. The molecule has 0 aromatic carbocycles. The molecule has 3 unspecified atom stereocenters. The lowest BCUT2D eigenvalue weighted by Crippen LogP contribution is -2.48. The van der Waals surface area contributed by atoms with E-state index in [2.05, 4.69) is 10.6 Å². The summed E-state index contributed by atoms with van der Waals surface area (Å²) >= 11 is 0. The Kier molecular flexibility index (Phi) is 4.26. The van der Waals surface area contributed by atoms with Crippen LogP contribution in [0, 0.1) is 5.92 Å². The van der Waals surface area contributed by atoms with Crippen molar-refractivity contribution >= 4 is 11.9 Å². The van der Waals surface area contributed by atoms with Gasteiger partial charge in [0, 0.05) is 12.6 Å². The molecule has 0 aromatic rings. The molecule has 0 radical (unpaired) electrons. The minimum atomic E-state index is -0.884. The van der Waals surface area contributed by atoms with E-state index in [-0.39, 0.29) is 17.9 Å². The third-order valence-electron chi connectivity index (χ3n) is 2.80. The van der Waals surface area contributed by atoms with Crippen molar-refractivity contribution in [3.05, 3.63) is 0 Å². The predicted molar refractivity (Wildman–Crippen MR) is 58.8 cm³/mol. The van der Waals surface area contributed by atoms with Gasteiger partial charge in [-0.1, -0.05) is 13.8 Å². The van der Waals surface area contributed by atoms with E-state index < -0.39 is 18.1 Å². The topological polar surface area (TPSA) is 104 Å². The fourth-order valence-corrected chi connectivity index (χ4v) is 1.63. The van der Waals surface area contributed by atoms with Gasteiger partial charge < -0.3 is 21.5 Å². The van der Waals surface area contributed by atoms with E-state index in [1.54, 1.807) is 0 Å². The Morgan fingerprint density at radius 1 is 1.50 bits per heavy atom. The molecular weight excluding hydrogens is 210 g/mol. The molecule has 6 nitrogen and oxygen atoms in total. The van der Waals surface area contributed by atoms with E-state index in [0.29, 0.717) is 13.0 Å². The van der Waals surface area contributed by atoms with Gasteiger partial charge in [0.2, 0.25) is 5.91 Å². The predicted octanol–water partition coefficient (Wildman–Crippen LogP) is -1.10. The summed E-state index contributed by atoms with van der Waals surface area (Å²) in [5, 5.41) is 14.3. The van der Waals surface area contributed by atoms with Crippen LogP contribution in [0.15, 0.2) is 0 Å². The maximum absolute atomic E-state index is 11.6. The van der Waals surface area contributed by atoms with Crippen molar-refractivity contribution < 1.29 is 14.7 Å². The van der Waals surface area contributed by atoms with Gasteiger partial charge in [-0.25, -0.2) is 0 Å². The largest absolute Gasteiger partial charge is 0.480 e. The first-order valence-electron chi connectivity index (χ1n) is 5.44. The minimum absolute atomic E-state index is 0.0737. The van der Waals surface area contributed by atoms with Crippen molar-refractivity contribution in [2.24, 2.45) is 11.7 Å². The van der Waals surface area contributed by atoms with Gasteiger partial charge in [0.05, 0.1) is 6.04 Å². The maximum atomic E-state index is 11.6. The monoisotopic (exact) mass is 229 g/mol. The Bertz CT molecular complexity index is 280. The number of hydrogen-bond donors (Lipinski definition) is 4. The molecule has 1 amide bonds. The maximum Gasteiger partial charge on any atom is 0.320 e. The summed E-state index contributed by atoms with van der Waals surface area (Å²) in [6.45, 7) is 4.22. The Hall–Kier alpha value is -1.14. The molecule has 0 bridgehead atoms. The number of aliphatic carboxylic acids is 1. The normalized spacial score (nSPS) is 26.8. The molecule has 3 atom stereocenters. The number of carbonyl (C=O) groups excluding carboxylic acids is 1. The fourth-order valence-electron chi connectivity index (χ4n) is 1.63. The highest BCUT2D eigenvalue weighted by Gasteiger charge is 2.31. The molecule has 5 N–H and O–H groups in total. The van der Waals surface area contributed by atoms with Crippen LogP contribution in [0.2, 0.25) is 0 Å². The van der Waals surface area contributed by atoms with Crippen LogP contribution in [0.25, 0.3) is 0 Å². The van der Waals surface area contributed by atoms with Crippen molar-refractivity contribution in [1.82, 2.24) is 10.6 Å². The molecule has 1 saturated heterocycles. The molecule has 1 aliphatic heterocycles. The molecule has 0 saturated carbocycles. The number of amides is 1. The van der Waals surface area contributed by atoms with Crippen molar-refractivity contribution in [2.75, 3.05) is 6.54 Å². The van der Waals surface area contributed by atoms with Crippen LogP contribution in [0.3, 0.4) is 0 Å². The number of nitrogens with one attached hydrogen (secondary N) is 2. The highest BCUT2D eigenvalue weighted by Crippen LogP contribution is 2.07. The molecule has 1 aliphatic rings. The lowest BCUT2D eigenvalue weighted by Gasteiger charge is -2.18. The number of nitrogens with two attached hydrogens (primary N) is 1. The molecule has 1 rings (SSSR count). The first-order chi connectivity index (χ1) is 7.41. The Morgan fingerprint density at radius 2 is 2.12 bits per heavy atom. The molecule has 0 aromatic heterocycles. The third kappa shape index (κ3) is 3.18. The molecule has 92 valence electrons. The number of hydrogen-bond acceptors (Lipinski definition) is 4. The van der Waals surface area contributed by atoms with E-state index in [9.17, 15) is 9.59 Å². The third-order valence-corrected chi connectivity index (χ3v) is 2.80. The van der Waals surface area contributed by atoms with Gasteiger partial charge >= 0.3 is 5.97 Å². The lowest BCUT2D eigenvalue weighted by atomic mass is 10.0. The highest BCUT2D eigenvalue weighted by molar-refractivity contribution is 5.82. The summed E-state index contributed by atoms with van der Waals surface area (Å²) in [7, 11) is 0. The number of carbonyl (C=O) groups is 2. The van der Waals surface area contributed by atoms with E-state index in [1.165, 1.54) is 0 Å². The molecule has 16 heavy (non-hydrogen) atoms. The average molecular weight is 229 g/mol. The van der Waals surface area contributed by atoms with Crippen LogP contribution in [0.1, 0.15) is 20.3 Å². The van der Waals surface area contributed by atoms with Crippen molar-refractivity contribution in [2.45, 2.75) is 38.4 Å². The number of rotatable bonds is 4. The van der Waals surface area contributed by atoms with Gasteiger partial charge in [0.1, 0.15) is 6.04 Å². The van der Waals surface area contributed by atoms with Gasteiger partial charge in [-0.05, 0) is 12.3 Å². The summed E-state index contributed by atoms with van der Waals surface area (Å²) in [5.74, 6) is -1.03. The molecule has 1 fully saturated rings. The van der Waals surface area contributed by atoms with Gasteiger partial charge in [0.15, 0.2) is 0 Å². The zero-order valence-corrected chi connectivity index (χ0v) is 9.56. The second kappa shape index (κ2) is 5.27. The summed E-state index contributed by atoms with van der Waals surface area (Å²) in [6.07, 6.45) is 0.409. The Balaban J connectivity index is 2.40. The zero-order valence-electron chi connectivity index (χ0n) is 9.56. The second-order valence-electron chi connectivity index (χ2n) is 4.51. The van der Waals surface area contributed by atoms with E-state index >= 15 is 0 Å². The lowest BCUT2D eigenvalue weighted by molar-refractivity contribution is -0.139. The molecule has 0 spiro atoms. The fraction of sp³-hybridized carbons (Fsp3) is 0.800. The Morgan fingerprint density at radius 3 is 2.56 bits per heavy atom. The molecule has 6 heteroatoms. The van der Waals surface area contributed by atoms with Crippen LogP contribution in [0.4, 0.5) is 0 Å². The van der Waals surface area contributed by atoms with E-state index in [0.717, 1.165) is 0 Å². The number of carboxylic acids is 1. The van der Waals surface area contributed by atoms with Crippen molar-refractivity contribution in [3.8, 4) is 0 Å². The van der Waals surface area contributed by atoms with Gasteiger partial charge in [-0.3, -0.25) is 9.59 Å². The smallest absolute Gasteiger partial charge is 0.320 e. The average Bonchev–Trinajstić information content (AvgIpc) is 2.64. The zero-order chi connectivity index (χ0) is 12.3. The minimum Gasteiger partial charge on any atom is -0.480 e. The van der Waals surface area contributed by atoms with E-state index in [4.69, 9.17) is 10.8 Å². The highest BCUT2D eigenvalue weighted by atomic mass is 16.4. The molecule has 0 aliphatic carbocycles. The first kappa shape index (κ1) is 12.9. The van der Waals surface area contributed by atoms with E-state index in [1.807, 2.05) is 13.8 Å². The summed E-state index contributed by atoms with van der Waals surface area (Å²) in [4.78, 5) is 22.3. The van der Waals surface area contributed by atoms with Crippen LogP contribution < -0.4 is 16.4 Å². The van der Waals surface area contributed by atoms with Gasteiger partial charge in [-0.2, -0.15) is 0 Å². The van der Waals surface area contributed by atoms with Crippen LogP contribution >= 0.6 is 0 Å². The molecular formula is C10H19N3O3. The standard InChI is InChI=1S/C10H19N3O3/c1-5(2)8(11)9(14)13-6-3-7(10(15)16)12-4-6/h5-8,12H,3-4,11H2,1-2H3,(H,13,14)(H,15,16). The summed E-state index contributed by atoms with van der Waals surface area (Å²) < 4.78 is 0. The van der Waals surface area contributed by atoms with Crippen LogP contribution in [-0.2, 0) is 9.59 Å².